The van der Waals surface area contributed by atoms with Gasteiger partial charge in [0.2, 0.25) is 5.91 Å². The number of hydrogen-bond donors (Lipinski definition) is 4. The smallest absolute Gasteiger partial charge is 0.352 e. The van der Waals surface area contributed by atoms with Gasteiger partial charge >= 0.3 is 5.97 Å². The maximum atomic E-state index is 12.2. The maximum Gasteiger partial charge on any atom is 0.352 e. The predicted molar refractivity (Wildman–Crippen MR) is 80.6 cm³/mol. The van der Waals surface area contributed by atoms with E-state index in [1.807, 2.05) is 0 Å². The van der Waals surface area contributed by atoms with E-state index in [9.17, 15) is 19.8 Å². The number of nitrogens with one attached hydrogen (secondary N) is 1. The molecule has 0 aliphatic carbocycles. The van der Waals surface area contributed by atoms with E-state index in [1.54, 1.807) is 6.92 Å². The van der Waals surface area contributed by atoms with Crippen molar-refractivity contribution in [3.05, 3.63) is 11.3 Å². The molecule has 3 aliphatic rings. The topological polar surface area (TPSA) is 122 Å². The zero-order valence-corrected chi connectivity index (χ0v) is 12.9. The third-order valence-electron chi connectivity index (χ3n) is 4.86. The van der Waals surface area contributed by atoms with Crippen LogP contribution in [0.4, 0.5) is 0 Å². The van der Waals surface area contributed by atoms with Crippen LogP contribution in [0.1, 0.15) is 19.8 Å². The van der Waals surface area contributed by atoms with Crippen LogP contribution in [0.25, 0.3) is 0 Å². The van der Waals surface area contributed by atoms with Gasteiger partial charge in [-0.05, 0) is 18.9 Å². The Morgan fingerprint density at radius 1 is 1.52 bits per heavy atom. The molecule has 0 aromatic heterocycles. The molecule has 8 nitrogen and oxygen atoms in total. The Labute approximate surface area is 133 Å². The highest BCUT2D eigenvalue weighted by molar-refractivity contribution is 5.99. The fraction of sp³-hybridized carbons (Fsp3) is 0.667. The van der Waals surface area contributed by atoms with E-state index < -0.39 is 18.0 Å². The molecule has 4 atom stereocenters. The first-order chi connectivity index (χ1) is 11.0. The molecule has 1 unspecified atom stereocenters. The van der Waals surface area contributed by atoms with Gasteiger partial charge in [0.1, 0.15) is 5.70 Å². The number of carbonyl (C=O) groups is 2. The Morgan fingerprint density at radius 3 is 2.78 bits per heavy atom. The van der Waals surface area contributed by atoms with Crippen molar-refractivity contribution in [3.8, 4) is 0 Å². The van der Waals surface area contributed by atoms with Crippen LogP contribution < -0.4 is 5.32 Å². The molecule has 1 amide bonds. The Hall–Kier alpha value is -1.93. The number of rotatable bonds is 5. The fourth-order valence-corrected chi connectivity index (χ4v) is 3.75. The van der Waals surface area contributed by atoms with Gasteiger partial charge in [-0.3, -0.25) is 9.79 Å². The van der Waals surface area contributed by atoms with Gasteiger partial charge in [0, 0.05) is 25.4 Å². The van der Waals surface area contributed by atoms with Gasteiger partial charge in [-0.15, -0.1) is 0 Å². The third-order valence-corrected chi connectivity index (χ3v) is 4.86. The normalized spacial score (nSPS) is 31.3. The molecule has 0 saturated carbocycles. The minimum Gasteiger partial charge on any atom is -0.477 e. The van der Waals surface area contributed by atoms with Crippen molar-refractivity contribution < 1.29 is 24.9 Å². The Kier molecular flexibility index (Phi) is 4.11. The van der Waals surface area contributed by atoms with Crippen molar-refractivity contribution in [1.29, 1.82) is 0 Å². The molecular weight excluding hydrogens is 302 g/mol. The van der Waals surface area contributed by atoms with Crippen LogP contribution in [-0.4, -0.2) is 69.8 Å². The molecule has 1 fully saturated rings. The Bertz CT molecular complexity index is 598. The molecule has 3 rings (SSSR count). The summed E-state index contributed by atoms with van der Waals surface area (Å²) < 4.78 is 0. The highest BCUT2D eigenvalue weighted by Crippen LogP contribution is 2.45. The Morgan fingerprint density at radius 2 is 2.26 bits per heavy atom. The van der Waals surface area contributed by atoms with Crippen molar-refractivity contribution in [2.45, 2.75) is 31.9 Å². The number of aliphatic carboxylic acids is 1. The number of aliphatic hydroxyl groups is 2. The predicted octanol–water partition coefficient (Wildman–Crippen LogP) is -1.06. The lowest BCUT2D eigenvalue weighted by Gasteiger charge is -2.44. The van der Waals surface area contributed by atoms with Crippen LogP contribution in [-0.2, 0) is 9.59 Å². The number of aliphatic hydroxyl groups excluding tert-OH is 2. The molecule has 1 saturated heterocycles. The number of carboxylic acids is 1. The van der Waals surface area contributed by atoms with Gasteiger partial charge in [0.15, 0.2) is 0 Å². The van der Waals surface area contributed by atoms with Gasteiger partial charge in [-0.2, -0.15) is 0 Å². The quantitative estimate of drug-likeness (QED) is 0.478. The van der Waals surface area contributed by atoms with Crippen LogP contribution >= 0.6 is 0 Å². The minimum absolute atomic E-state index is 0.0139. The second-order valence-corrected chi connectivity index (χ2v) is 6.26. The molecule has 0 aromatic carbocycles. The molecule has 0 radical (unpaired) electrons. The molecule has 0 aromatic rings. The number of carboxylic acid groups (broad SMARTS) is 1. The number of β-lactam (4-membered cyclic amide) rings is 1. The minimum atomic E-state index is -1.11. The van der Waals surface area contributed by atoms with E-state index in [2.05, 4.69) is 10.3 Å². The lowest BCUT2D eigenvalue weighted by Crippen LogP contribution is -2.61. The zero-order valence-electron chi connectivity index (χ0n) is 12.9. The third kappa shape index (κ3) is 2.51. The summed E-state index contributed by atoms with van der Waals surface area (Å²) in [5.74, 6) is -1.31. The van der Waals surface area contributed by atoms with Crippen LogP contribution in [0.15, 0.2) is 16.3 Å². The molecule has 8 heteroatoms. The number of amides is 1. The first kappa shape index (κ1) is 15.9. The van der Waals surface area contributed by atoms with E-state index in [1.165, 1.54) is 4.90 Å². The first-order valence-electron chi connectivity index (χ1n) is 7.81. The van der Waals surface area contributed by atoms with Crippen LogP contribution in [0.2, 0.25) is 0 Å². The van der Waals surface area contributed by atoms with E-state index in [4.69, 9.17) is 5.11 Å². The number of amidine groups is 1. The van der Waals surface area contributed by atoms with E-state index in [-0.39, 0.29) is 30.2 Å². The van der Waals surface area contributed by atoms with Gasteiger partial charge in [-0.25, -0.2) is 4.79 Å². The van der Waals surface area contributed by atoms with Crippen molar-refractivity contribution >= 4 is 17.7 Å². The SMILES string of the molecule is C[C@@H](O)[C@H]1C(=O)N2C(C(=O)O)=C(C3CN=C(CCO)NC3)C[C@H]12. The molecule has 0 spiro atoms. The summed E-state index contributed by atoms with van der Waals surface area (Å²) in [6, 6.07) is -0.258. The Balaban J connectivity index is 1.82. The van der Waals surface area contributed by atoms with Crippen molar-refractivity contribution in [3.63, 3.8) is 0 Å². The lowest BCUT2D eigenvalue weighted by atomic mass is 9.82. The van der Waals surface area contributed by atoms with Crippen molar-refractivity contribution in [1.82, 2.24) is 10.2 Å². The summed E-state index contributed by atoms with van der Waals surface area (Å²) in [6.45, 7) is 2.56. The van der Waals surface area contributed by atoms with Gasteiger partial charge < -0.3 is 25.5 Å². The molecule has 3 aliphatic heterocycles. The summed E-state index contributed by atoms with van der Waals surface area (Å²) in [4.78, 5) is 29.5. The van der Waals surface area contributed by atoms with E-state index in [0.717, 1.165) is 11.4 Å². The highest BCUT2D eigenvalue weighted by Gasteiger charge is 2.57. The summed E-state index contributed by atoms with van der Waals surface area (Å²) >= 11 is 0. The molecule has 3 heterocycles. The molecule has 126 valence electrons. The van der Waals surface area contributed by atoms with Gasteiger partial charge in [0.05, 0.1) is 30.5 Å². The van der Waals surface area contributed by atoms with E-state index in [0.29, 0.717) is 25.9 Å². The van der Waals surface area contributed by atoms with Crippen LogP contribution in [0, 0.1) is 11.8 Å². The summed E-state index contributed by atoms with van der Waals surface area (Å²) in [6.07, 6.45) is 0.145. The zero-order chi connectivity index (χ0) is 16.7. The highest BCUT2D eigenvalue weighted by atomic mass is 16.4. The van der Waals surface area contributed by atoms with Crippen molar-refractivity contribution in [2.75, 3.05) is 19.7 Å². The molecular formula is C15H21N3O5. The van der Waals surface area contributed by atoms with E-state index >= 15 is 0 Å². The maximum absolute atomic E-state index is 12.2. The summed E-state index contributed by atoms with van der Waals surface area (Å²) in [5.41, 5.74) is 0.780. The monoisotopic (exact) mass is 323 g/mol. The number of fused-ring (bicyclic) bond motifs is 1. The second kappa shape index (κ2) is 5.93. The van der Waals surface area contributed by atoms with Gasteiger partial charge in [-0.1, -0.05) is 0 Å². The van der Waals surface area contributed by atoms with Crippen LogP contribution in [0.3, 0.4) is 0 Å². The van der Waals surface area contributed by atoms with Crippen LogP contribution in [0.5, 0.6) is 0 Å². The molecule has 23 heavy (non-hydrogen) atoms. The summed E-state index contributed by atoms with van der Waals surface area (Å²) in [7, 11) is 0. The number of hydrogen-bond acceptors (Lipinski definition) is 6. The number of carbonyl (C=O) groups excluding carboxylic acids is 1. The first-order valence-corrected chi connectivity index (χ1v) is 7.81. The molecule has 0 bridgehead atoms. The van der Waals surface area contributed by atoms with Crippen molar-refractivity contribution in [2.24, 2.45) is 16.8 Å². The largest absolute Gasteiger partial charge is 0.477 e. The fourth-order valence-electron chi connectivity index (χ4n) is 3.75. The van der Waals surface area contributed by atoms with Gasteiger partial charge in [0.25, 0.3) is 0 Å². The average Bonchev–Trinajstić information content (AvgIpc) is 2.83. The number of aliphatic imine (C=N–C) groups is 1. The average molecular weight is 323 g/mol. The lowest BCUT2D eigenvalue weighted by molar-refractivity contribution is -0.161. The molecule has 4 N–H and O–H groups in total. The second-order valence-electron chi connectivity index (χ2n) is 6.26. The standard InChI is InChI=1S/C15H21N3O5/c1-7(20)12-10-4-9(13(15(22)23)18(10)14(12)21)8-5-16-11(2-3-19)17-6-8/h7-8,10,12,19-20H,2-6H2,1H3,(H,16,17)(H,22,23)/t7-,10-,12-/m1/s1. The number of nitrogens with zero attached hydrogens (tertiary/aromatic N) is 2. The summed E-state index contributed by atoms with van der Waals surface area (Å²) in [5, 5.41) is 31.3.